The molecule has 52 heavy (non-hydrogen) atoms. The molecule has 0 fully saturated rings. The molecule has 0 atom stereocenters. The molecule has 0 aliphatic heterocycles. The minimum Gasteiger partial charge on any atom is -0.247 e. The Kier molecular flexibility index (Phi) is 6.56. The molecule has 11 rings (SSSR count). The summed E-state index contributed by atoms with van der Waals surface area (Å²) in [7, 11) is 0. The van der Waals surface area contributed by atoms with Crippen molar-refractivity contribution in [2.75, 3.05) is 0 Å². The van der Waals surface area contributed by atoms with Crippen molar-refractivity contribution in [3.05, 3.63) is 158 Å². The molecule has 6 heteroatoms. The lowest BCUT2D eigenvalue weighted by Gasteiger charge is -2.11. The molecular weight excluding hydrogens is 673 g/mol. The van der Waals surface area contributed by atoms with E-state index in [2.05, 4.69) is 140 Å². The fourth-order valence-corrected chi connectivity index (χ4v) is 10.1. The second-order valence-corrected chi connectivity index (χ2v) is 15.0. The van der Waals surface area contributed by atoms with E-state index in [0.29, 0.717) is 17.5 Å². The molecule has 4 aromatic heterocycles. The Balaban J connectivity index is 1.20. The molecule has 4 heterocycles. The summed E-state index contributed by atoms with van der Waals surface area (Å²) in [5.74, 6) is 2.00. The highest BCUT2D eigenvalue weighted by atomic mass is 32.1. The summed E-state index contributed by atoms with van der Waals surface area (Å²) in [6.07, 6.45) is 0. The first-order valence-corrected chi connectivity index (χ1v) is 18.9. The van der Waals surface area contributed by atoms with Gasteiger partial charge in [0.2, 0.25) is 0 Å². The van der Waals surface area contributed by atoms with Crippen LogP contribution in [0.3, 0.4) is 0 Å². The molecule has 4 nitrogen and oxygen atoms in total. The first-order valence-electron chi connectivity index (χ1n) is 17.2. The van der Waals surface area contributed by atoms with Crippen molar-refractivity contribution in [1.29, 1.82) is 0 Å². The molecule has 0 aliphatic carbocycles. The normalized spacial score (nSPS) is 11.8. The number of rotatable bonds is 4. The average Bonchev–Trinajstić information content (AvgIpc) is 3.80. The predicted molar refractivity (Wildman–Crippen MR) is 220 cm³/mol. The van der Waals surface area contributed by atoms with Gasteiger partial charge in [0, 0.05) is 78.8 Å². The minimum atomic E-state index is 0.658. The monoisotopic (exact) mass is 698 g/mol. The van der Waals surface area contributed by atoms with Crippen LogP contribution in [0.1, 0.15) is 0 Å². The van der Waals surface area contributed by atoms with Crippen LogP contribution in [0.4, 0.5) is 0 Å². The first-order chi connectivity index (χ1) is 25.8. The Morgan fingerprint density at radius 2 is 0.923 bits per heavy atom. The van der Waals surface area contributed by atoms with Gasteiger partial charge in [-0.2, -0.15) is 0 Å². The molecule has 11 aromatic rings. The van der Waals surface area contributed by atoms with Gasteiger partial charge in [0.05, 0.1) is 11.2 Å². The van der Waals surface area contributed by atoms with Crippen molar-refractivity contribution in [3.8, 4) is 45.4 Å². The zero-order valence-corrected chi connectivity index (χ0v) is 29.2. The number of nitrogens with zero attached hydrogens (tertiary/aromatic N) is 4. The number of benzene rings is 7. The third-order valence-corrected chi connectivity index (χ3v) is 12.3. The lowest BCUT2D eigenvalue weighted by Crippen LogP contribution is -2.00. The van der Waals surface area contributed by atoms with Crippen molar-refractivity contribution in [3.63, 3.8) is 0 Å². The van der Waals surface area contributed by atoms with Crippen LogP contribution in [0.25, 0.3) is 107 Å². The molecule has 0 bridgehead atoms. The number of thiophene rings is 2. The van der Waals surface area contributed by atoms with Crippen molar-refractivity contribution >= 4 is 84.7 Å². The molecule has 0 unspecified atom stereocenters. The molecular formula is C46H26N4S2. The van der Waals surface area contributed by atoms with Gasteiger partial charge in [-0.1, -0.05) is 133 Å². The molecule has 0 spiro atoms. The third kappa shape index (κ3) is 4.51. The zero-order valence-electron chi connectivity index (χ0n) is 27.6. The lowest BCUT2D eigenvalue weighted by molar-refractivity contribution is 1.08. The van der Waals surface area contributed by atoms with E-state index in [-0.39, 0.29) is 0 Å². The van der Waals surface area contributed by atoms with Crippen LogP contribution in [-0.4, -0.2) is 19.9 Å². The molecule has 0 amide bonds. The Labute approximate surface area is 306 Å². The second kappa shape index (κ2) is 11.6. The van der Waals surface area contributed by atoms with E-state index in [4.69, 9.17) is 19.9 Å². The van der Waals surface area contributed by atoms with Crippen molar-refractivity contribution in [2.24, 2.45) is 0 Å². The number of para-hydroxylation sites is 1. The van der Waals surface area contributed by atoms with E-state index in [1.165, 1.54) is 41.0 Å². The summed E-state index contributed by atoms with van der Waals surface area (Å²) in [4.78, 5) is 20.8. The largest absolute Gasteiger partial charge is 0.247 e. The number of hydrogen-bond acceptors (Lipinski definition) is 6. The number of fused-ring (bicyclic) bond motifs is 10. The van der Waals surface area contributed by atoms with Gasteiger partial charge in [0.25, 0.3) is 0 Å². The molecule has 0 radical (unpaired) electrons. The zero-order chi connectivity index (χ0) is 34.2. The van der Waals surface area contributed by atoms with E-state index in [0.717, 1.165) is 48.9 Å². The maximum atomic E-state index is 5.30. The predicted octanol–water partition coefficient (Wildman–Crippen LogP) is 13.0. The Morgan fingerprint density at radius 1 is 0.327 bits per heavy atom. The maximum Gasteiger partial charge on any atom is 0.165 e. The Hall–Kier alpha value is -6.34. The van der Waals surface area contributed by atoms with Crippen LogP contribution in [0.15, 0.2) is 158 Å². The second-order valence-electron chi connectivity index (χ2n) is 12.9. The van der Waals surface area contributed by atoms with Crippen LogP contribution >= 0.6 is 22.7 Å². The Morgan fingerprint density at radius 3 is 1.77 bits per heavy atom. The van der Waals surface area contributed by atoms with E-state index < -0.39 is 0 Å². The summed E-state index contributed by atoms with van der Waals surface area (Å²) < 4.78 is 4.87. The van der Waals surface area contributed by atoms with Crippen LogP contribution in [0, 0.1) is 0 Å². The maximum absolute atomic E-state index is 5.30. The average molecular weight is 699 g/mol. The van der Waals surface area contributed by atoms with E-state index >= 15 is 0 Å². The van der Waals surface area contributed by atoms with E-state index in [1.807, 2.05) is 29.5 Å². The highest BCUT2D eigenvalue weighted by molar-refractivity contribution is 7.27. The molecule has 0 saturated heterocycles. The summed E-state index contributed by atoms with van der Waals surface area (Å²) in [6, 6.07) is 55.3. The fourth-order valence-electron chi connectivity index (χ4n) is 7.58. The SMILES string of the molecule is c1ccc(-c2nc(-c3cccc4c3sc3c4ccc4c(-c5ccccc5)nc5ccccc5c43)nc(-c3cccc4sc5ccccc5c34)n2)cc1. The van der Waals surface area contributed by atoms with Gasteiger partial charge in [-0.05, 0) is 24.3 Å². The molecule has 0 N–H and O–H groups in total. The van der Waals surface area contributed by atoms with Gasteiger partial charge < -0.3 is 0 Å². The number of aromatic nitrogens is 4. The number of pyridine rings is 1. The molecule has 7 aromatic carbocycles. The first kappa shape index (κ1) is 29.4. The van der Waals surface area contributed by atoms with Crippen LogP contribution in [-0.2, 0) is 0 Å². The molecule has 0 saturated carbocycles. The topological polar surface area (TPSA) is 51.6 Å². The van der Waals surface area contributed by atoms with Gasteiger partial charge >= 0.3 is 0 Å². The Bertz CT molecular complexity index is 3180. The standard InChI is InChI=1S/C46H26N4S2/c1-3-13-27(14-4-1)41-33-26-25-30-29-19-11-21-35(42(29)52-43(30)40(33)31-17-7-9-22-36(31)47-41)46-49-44(28-15-5-2-6-16-28)48-45(50-46)34-20-12-24-38-39(34)32-18-8-10-23-37(32)51-38/h1-26H. The number of hydrogen-bond donors (Lipinski definition) is 0. The smallest absolute Gasteiger partial charge is 0.165 e. The summed E-state index contributed by atoms with van der Waals surface area (Å²) in [5, 5.41) is 8.34. The van der Waals surface area contributed by atoms with Crippen molar-refractivity contribution < 1.29 is 0 Å². The highest BCUT2D eigenvalue weighted by Gasteiger charge is 2.21. The van der Waals surface area contributed by atoms with Gasteiger partial charge in [0.15, 0.2) is 17.5 Å². The van der Waals surface area contributed by atoms with Crippen molar-refractivity contribution in [1.82, 2.24) is 19.9 Å². The van der Waals surface area contributed by atoms with Gasteiger partial charge in [-0.15, -0.1) is 22.7 Å². The van der Waals surface area contributed by atoms with Crippen LogP contribution in [0.5, 0.6) is 0 Å². The third-order valence-electron chi connectivity index (χ3n) is 9.93. The van der Waals surface area contributed by atoms with Crippen molar-refractivity contribution in [2.45, 2.75) is 0 Å². The molecule has 0 aliphatic rings. The highest BCUT2D eigenvalue weighted by Crippen LogP contribution is 2.46. The molecule has 242 valence electrons. The quantitative estimate of drug-likeness (QED) is 0.172. The lowest BCUT2D eigenvalue weighted by atomic mass is 9.98. The fraction of sp³-hybridized carbons (Fsp3) is 0. The summed E-state index contributed by atoms with van der Waals surface area (Å²) in [6.45, 7) is 0. The van der Waals surface area contributed by atoms with E-state index in [1.54, 1.807) is 11.3 Å². The van der Waals surface area contributed by atoms with Crippen LogP contribution < -0.4 is 0 Å². The van der Waals surface area contributed by atoms with Gasteiger partial charge in [-0.3, -0.25) is 0 Å². The van der Waals surface area contributed by atoms with Gasteiger partial charge in [-0.25, -0.2) is 19.9 Å². The minimum absolute atomic E-state index is 0.658. The van der Waals surface area contributed by atoms with Gasteiger partial charge in [0.1, 0.15) is 0 Å². The summed E-state index contributed by atoms with van der Waals surface area (Å²) in [5.41, 5.74) is 6.06. The van der Waals surface area contributed by atoms with Crippen LogP contribution in [0.2, 0.25) is 0 Å². The van der Waals surface area contributed by atoms with E-state index in [9.17, 15) is 0 Å². The summed E-state index contributed by atoms with van der Waals surface area (Å²) >= 11 is 3.62.